The number of benzene rings is 3. The fourth-order valence-corrected chi connectivity index (χ4v) is 4.92. The number of nitrogens with zero attached hydrogens (tertiary/aromatic N) is 2. The van der Waals surface area contributed by atoms with Gasteiger partial charge in [-0.3, -0.25) is 9.59 Å². The van der Waals surface area contributed by atoms with Crippen LogP contribution in [0.3, 0.4) is 0 Å². The molecule has 0 fully saturated rings. The molecule has 1 atom stereocenters. The molecule has 3 aromatic carbocycles. The van der Waals surface area contributed by atoms with Gasteiger partial charge in [0.2, 0.25) is 11.8 Å². The van der Waals surface area contributed by atoms with Gasteiger partial charge in [0.05, 0.1) is 22.8 Å². The molecule has 2 amide bonds. The lowest BCUT2D eigenvalue weighted by molar-refractivity contribution is -0.123. The number of aromatic nitrogens is 2. The van der Waals surface area contributed by atoms with E-state index in [0.29, 0.717) is 69.0 Å². The molecule has 4 aromatic rings. The van der Waals surface area contributed by atoms with Gasteiger partial charge >= 0.3 is 0 Å². The third kappa shape index (κ3) is 9.55. The summed E-state index contributed by atoms with van der Waals surface area (Å²) < 4.78 is 30.3. The van der Waals surface area contributed by atoms with Gasteiger partial charge in [-0.2, -0.15) is 11.8 Å². The van der Waals surface area contributed by atoms with Gasteiger partial charge in [-0.25, -0.2) is 14.4 Å². The Morgan fingerprint density at radius 1 is 1.09 bits per heavy atom. The summed E-state index contributed by atoms with van der Waals surface area (Å²) in [6.45, 7) is 4.19. The molecule has 45 heavy (non-hydrogen) atoms. The number of fused-ring (bicyclic) bond motifs is 1. The Hall–Kier alpha value is -4.39. The van der Waals surface area contributed by atoms with Gasteiger partial charge < -0.3 is 30.2 Å². The van der Waals surface area contributed by atoms with Gasteiger partial charge in [-0.1, -0.05) is 30.3 Å². The van der Waals surface area contributed by atoms with Crippen LogP contribution >= 0.6 is 23.4 Å². The van der Waals surface area contributed by atoms with Gasteiger partial charge in [-0.15, -0.1) is 0 Å². The summed E-state index contributed by atoms with van der Waals surface area (Å²) in [5.74, 6) is 0.703. The first-order chi connectivity index (χ1) is 21.8. The minimum atomic E-state index is -0.793. The quantitative estimate of drug-likeness (QED) is 0.0967. The molecule has 10 nitrogen and oxygen atoms in total. The fraction of sp³-hybridized carbons (Fsp3) is 0.250. The molecule has 0 unspecified atom stereocenters. The third-order valence-corrected chi connectivity index (χ3v) is 7.39. The molecular weight excluding hydrogens is 621 g/mol. The number of amides is 2. The second-order valence-corrected chi connectivity index (χ2v) is 11.0. The first-order valence-corrected chi connectivity index (χ1v) is 15.7. The average molecular weight is 654 g/mol. The number of anilines is 3. The highest BCUT2D eigenvalue weighted by Gasteiger charge is 2.22. The summed E-state index contributed by atoms with van der Waals surface area (Å²) in [4.78, 5) is 34.2. The zero-order chi connectivity index (χ0) is 32.2. The van der Waals surface area contributed by atoms with Crippen LogP contribution in [0.4, 0.5) is 21.6 Å². The summed E-state index contributed by atoms with van der Waals surface area (Å²) in [5, 5.41) is 9.76. The highest BCUT2D eigenvalue weighted by molar-refractivity contribution is 7.98. The zero-order valence-electron chi connectivity index (χ0n) is 24.8. The Balaban J connectivity index is 1.60. The van der Waals surface area contributed by atoms with Crippen LogP contribution in [0.15, 0.2) is 73.6 Å². The van der Waals surface area contributed by atoms with Crippen LogP contribution in [0, 0.1) is 5.82 Å². The molecule has 13 heteroatoms. The van der Waals surface area contributed by atoms with Crippen LogP contribution in [0.1, 0.15) is 12.0 Å². The van der Waals surface area contributed by atoms with Crippen molar-refractivity contribution in [3.63, 3.8) is 0 Å². The first-order valence-electron chi connectivity index (χ1n) is 13.9. The molecule has 0 saturated heterocycles. The smallest absolute Gasteiger partial charge is 0.247 e. The van der Waals surface area contributed by atoms with E-state index < -0.39 is 17.9 Å². The molecule has 0 bridgehead atoms. The van der Waals surface area contributed by atoms with Crippen LogP contribution in [0.25, 0.3) is 10.9 Å². The highest BCUT2D eigenvalue weighted by atomic mass is 35.5. The van der Waals surface area contributed by atoms with Crippen molar-refractivity contribution in [2.24, 2.45) is 0 Å². The van der Waals surface area contributed by atoms with Crippen LogP contribution < -0.4 is 25.4 Å². The predicted octanol–water partition coefficient (Wildman–Crippen LogP) is 6.13. The van der Waals surface area contributed by atoms with Crippen molar-refractivity contribution >= 4 is 63.3 Å². The average Bonchev–Trinajstić information content (AvgIpc) is 3.03. The van der Waals surface area contributed by atoms with Gasteiger partial charge in [0.25, 0.3) is 0 Å². The summed E-state index contributed by atoms with van der Waals surface area (Å²) in [7, 11) is 1.56. The molecule has 0 radical (unpaired) electrons. The monoisotopic (exact) mass is 653 g/mol. The lowest BCUT2D eigenvalue weighted by Gasteiger charge is -2.20. The van der Waals surface area contributed by atoms with Crippen molar-refractivity contribution in [2.75, 3.05) is 43.0 Å². The van der Waals surface area contributed by atoms with E-state index in [2.05, 4.69) is 32.5 Å². The molecule has 3 N–H and O–H groups in total. The molecule has 236 valence electrons. The Morgan fingerprint density at radius 2 is 1.93 bits per heavy atom. The molecule has 0 saturated carbocycles. The fourth-order valence-electron chi connectivity index (χ4n) is 4.21. The highest BCUT2D eigenvalue weighted by Crippen LogP contribution is 2.35. The lowest BCUT2D eigenvalue weighted by Crippen LogP contribution is -2.43. The Morgan fingerprint density at radius 3 is 2.67 bits per heavy atom. The summed E-state index contributed by atoms with van der Waals surface area (Å²) in [6.07, 6.45) is 4.87. The van der Waals surface area contributed by atoms with Crippen LogP contribution in [0.5, 0.6) is 11.5 Å². The normalized spacial score (nSPS) is 11.5. The molecule has 0 aliphatic carbocycles. The molecule has 0 spiro atoms. The minimum absolute atomic E-state index is 0.152. The van der Waals surface area contributed by atoms with Crippen molar-refractivity contribution in [1.82, 2.24) is 15.3 Å². The number of methoxy groups -OCH3 is 1. The number of hydrogen-bond donors (Lipinski definition) is 3. The number of hydrogen-bond acceptors (Lipinski definition) is 9. The number of ether oxygens (including phenoxy) is 3. The van der Waals surface area contributed by atoms with E-state index in [4.69, 9.17) is 25.8 Å². The minimum Gasteiger partial charge on any atom is -0.489 e. The second kappa shape index (κ2) is 16.6. The van der Waals surface area contributed by atoms with Crippen LogP contribution in [-0.4, -0.2) is 60.2 Å². The van der Waals surface area contributed by atoms with E-state index in [0.717, 1.165) is 6.08 Å². The van der Waals surface area contributed by atoms with Crippen LogP contribution in [0.2, 0.25) is 5.02 Å². The SMILES string of the molecule is C=CC(=O)N[C@@H](CCSC)C(=O)Nc1cc2c(Nc3ccc(OCc4cccc(F)c4)c(Cl)c3)ncnc2cc1OCCOC. The van der Waals surface area contributed by atoms with E-state index in [-0.39, 0.29) is 19.0 Å². The van der Waals surface area contributed by atoms with Crippen LogP contribution in [-0.2, 0) is 20.9 Å². The molecule has 0 aliphatic rings. The Bertz CT molecular complexity index is 1660. The maximum absolute atomic E-state index is 13.5. The summed E-state index contributed by atoms with van der Waals surface area (Å²) in [6, 6.07) is 13.9. The van der Waals surface area contributed by atoms with Gasteiger partial charge in [-0.05, 0) is 66.5 Å². The Labute approximate surface area is 269 Å². The number of halogens is 2. The first kappa shape index (κ1) is 33.5. The van der Waals surface area contributed by atoms with Gasteiger partial charge in [0.1, 0.15) is 48.7 Å². The number of carbonyl (C=O) groups is 2. The number of nitrogens with one attached hydrogen (secondary N) is 3. The lowest BCUT2D eigenvalue weighted by atomic mass is 10.1. The van der Waals surface area contributed by atoms with Crippen molar-refractivity contribution in [2.45, 2.75) is 19.1 Å². The summed E-state index contributed by atoms with van der Waals surface area (Å²) >= 11 is 8.07. The van der Waals surface area contributed by atoms with E-state index >= 15 is 0 Å². The van der Waals surface area contributed by atoms with Gasteiger partial charge in [0, 0.05) is 24.2 Å². The molecule has 0 aliphatic heterocycles. The van der Waals surface area contributed by atoms with Crippen molar-refractivity contribution < 1.29 is 28.2 Å². The number of rotatable bonds is 16. The van der Waals surface area contributed by atoms with E-state index in [9.17, 15) is 14.0 Å². The predicted molar refractivity (Wildman–Crippen MR) is 176 cm³/mol. The largest absolute Gasteiger partial charge is 0.489 e. The zero-order valence-corrected chi connectivity index (χ0v) is 26.3. The Kier molecular flexibility index (Phi) is 12.4. The summed E-state index contributed by atoms with van der Waals surface area (Å²) in [5.41, 5.74) is 2.21. The van der Waals surface area contributed by atoms with Crippen molar-refractivity contribution in [1.29, 1.82) is 0 Å². The number of thioether (sulfide) groups is 1. The topological polar surface area (TPSA) is 124 Å². The number of carbonyl (C=O) groups excluding carboxylic acids is 2. The van der Waals surface area contributed by atoms with Crippen molar-refractivity contribution in [3.05, 3.63) is 90.0 Å². The standard InChI is InChI=1S/C32H33ClFN5O5S/c1-4-30(40)38-25(10-13-45-3)32(41)39-27-16-23-26(17-29(27)43-12-11-42-2)35-19-36-31(23)37-22-8-9-28(24(33)15-22)44-18-20-6-5-7-21(34)14-20/h4-9,14-17,19,25H,1,10-13,18H2,2-3H3,(H,38,40)(H,39,41)(H,35,36,37)/t25-/m0/s1. The molecule has 1 heterocycles. The molecular formula is C32H33ClFN5O5S. The van der Waals surface area contributed by atoms with Crippen molar-refractivity contribution in [3.8, 4) is 11.5 Å². The van der Waals surface area contributed by atoms with Gasteiger partial charge in [0.15, 0.2) is 0 Å². The third-order valence-electron chi connectivity index (χ3n) is 6.45. The van der Waals surface area contributed by atoms with E-state index in [1.807, 2.05) is 6.26 Å². The molecule has 4 rings (SSSR count). The molecule has 1 aromatic heterocycles. The second-order valence-electron chi connectivity index (χ2n) is 9.65. The van der Waals surface area contributed by atoms with E-state index in [1.165, 1.54) is 18.5 Å². The van der Waals surface area contributed by atoms with E-state index in [1.54, 1.807) is 61.3 Å². The maximum Gasteiger partial charge on any atom is 0.247 e. The maximum atomic E-state index is 13.5.